The number of carbonyl (C=O) groups is 2. The molecule has 136 valence electrons. The summed E-state index contributed by atoms with van der Waals surface area (Å²) in [4.78, 5) is 23.8. The molecule has 0 aromatic heterocycles. The number of benzene rings is 3. The molecule has 0 bridgehead atoms. The van der Waals surface area contributed by atoms with Gasteiger partial charge in [-0.15, -0.1) is 0 Å². The smallest absolute Gasteiger partial charge is 0.339 e. The summed E-state index contributed by atoms with van der Waals surface area (Å²) in [5.74, 6) is -1.85. The average Bonchev–Trinajstić information content (AvgIpc) is 2.94. The van der Waals surface area contributed by atoms with E-state index in [-0.39, 0.29) is 15.7 Å². The second-order valence-corrected chi connectivity index (χ2v) is 8.49. The lowest BCUT2D eigenvalue weighted by atomic mass is 10.1. The standard InChI is InChI=1S/C18H11NO6S2/c20-13-5-4-9(8-12(13)17(21)22)19-27(24,25)15-7-6-14-16-10(15)2-1-3-11(16)18(23)26-14/h1-8,19-20H,(H,21,22). The molecule has 3 aromatic carbocycles. The van der Waals surface area contributed by atoms with Gasteiger partial charge in [0, 0.05) is 26.9 Å². The van der Waals surface area contributed by atoms with Gasteiger partial charge in [0.2, 0.25) is 5.12 Å². The lowest BCUT2D eigenvalue weighted by Gasteiger charge is -2.12. The van der Waals surface area contributed by atoms with Crippen LogP contribution in [0.4, 0.5) is 5.69 Å². The average molecular weight is 401 g/mol. The van der Waals surface area contributed by atoms with Crippen LogP contribution in [0.15, 0.2) is 58.3 Å². The Morgan fingerprint density at radius 1 is 1.07 bits per heavy atom. The minimum Gasteiger partial charge on any atom is -0.507 e. The highest BCUT2D eigenvalue weighted by Gasteiger charge is 2.27. The van der Waals surface area contributed by atoms with E-state index < -0.39 is 27.3 Å². The Kier molecular flexibility index (Phi) is 3.86. The molecule has 4 rings (SSSR count). The van der Waals surface area contributed by atoms with Gasteiger partial charge in [0.05, 0.1) is 4.90 Å². The zero-order chi connectivity index (χ0) is 19.3. The van der Waals surface area contributed by atoms with Crippen molar-refractivity contribution in [2.24, 2.45) is 0 Å². The van der Waals surface area contributed by atoms with E-state index in [0.717, 1.165) is 23.9 Å². The Labute approximate surface area is 157 Å². The third-order valence-corrected chi connectivity index (χ3v) is 6.56. The number of anilines is 1. The van der Waals surface area contributed by atoms with Gasteiger partial charge in [-0.2, -0.15) is 0 Å². The summed E-state index contributed by atoms with van der Waals surface area (Å²) in [5, 5.41) is 19.5. The Bertz CT molecular complexity index is 1250. The van der Waals surface area contributed by atoms with Gasteiger partial charge in [-0.3, -0.25) is 9.52 Å². The van der Waals surface area contributed by atoms with Gasteiger partial charge < -0.3 is 10.2 Å². The molecule has 1 aliphatic rings. The van der Waals surface area contributed by atoms with Crippen molar-refractivity contribution in [2.75, 3.05) is 4.72 Å². The summed E-state index contributed by atoms with van der Waals surface area (Å²) in [6.07, 6.45) is 0. The molecule has 9 heteroatoms. The quantitative estimate of drug-likeness (QED) is 0.574. The Hall–Kier alpha value is -3.04. The number of aromatic carboxylic acids is 1. The fourth-order valence-corrected chi connectivity index (χ4v) is 5.16. The number of hydrogen-bond acceptors (Lipinski definition) is 6. The summed E-state index contributed by atoms with van der Waals surface area (Å²) < 4.78 is 28.1. The van der Waals surface area contributed by atoms with Gasteiger partial charge in [0.25, 0.3) is 10.0 Å². The van der Waals surface area contributed by atoms with E-state index in [0.29, 0.717) is 21.2 Å². The van der Waals surface area contributed by atoms with Crippen molar-refractivity contribution in [3.63, 3.8) is 0 Å². The minimum atomic E-state index is -4.06. The van der Waals surface area contributed by atoms with E-state index in [4.69, 9.17) is 5.11 Å². The van der Waals surface area contributed by atoms with Crippen LogP contribution in [0.2, 0.25) is 0 Å². The van der Waals surface area contributed by atoms with Crippen molar-refractivity contribution in [3.8, 4) is 5.75 Å². The molecular weight excluding hydrogens is 390 g/mol. The maximum atomic E-state index is 12.9. The molecule has 1 heterocycles. The predicted octanol–water partition coefficient (Wildman–Crippen LogP) is 3.29. The number of carboxylic acid groups (broad SMARTS) is 1. The molecule has 0 saturated carbocycles. The fraction of sp³-hybridized carbons (Fsp3) is 0. The molecular formula is C18H11NO6S2. The van der Waals surface area contributed by atoms with Crippen LogP contribution in [-0.2, 0) is 10.0 Å². The van der Waals surface area contributed by atoms with E-state index in [2.05, 4.69) is 4.72 Å². The van der Waals surface area contributed by atoms with Crippen LogP contribution in [0.5, 0.6) is 5.75 Å². The van der Waals surface area contributed by atoms with Gasteiger partial charge in [0.1, 0.15) is 11.3 Å². The van der Waals surface area contributed by atoms with Gasteiger partial charge >= 0.3 is 5.97 Å². The molecule has 0 amide bonds. The SMILES string of the molecule is O=C(O)c1cc(NS(=O)(=O)c2ccc3c4c(cccc24)C(=O)S3)ccc1O. The lowest BCUT2D eigenvalue weighted by Crippen LogP contribution is -2.14. The molecule has 0 fully saturated rings. The van der Waals surface area contributed by atoms with E-state index in [1.807, 2.05) is 0 Å². The van der Waals surface area contributed by atoms with Crippen molar-refractivity contribution in [3.05, 3.63) is 59.7 Å². The first kappa shape index (κ1) is 17.4. The minimum absolute atomic E-state index is 0.00101. The maximum Gasteiger partial charge on any atom is 0.339 e. The number of sulfonamides is 1. The first-order valence-electron chi connectivity index (χ1n) is 7.65. The van der Waals surface area contributed by atoms with E-state index in [9.17, 15) is 23.1 Å². The number of aromatic hydroxyl groups is 1. The first-order chi connectivity index (χ1) is 12.8. The molecule has 0 atom stereocenters. The first-order valence-corrected chi connectivity index (χ1v) is 9.95. The van der Waals surface area contributed by atoms with E-state index >= 15 is 0 Å². The third-order valence-electron chi connectivity index (χ3n) is 4.15. The van der Waals surface area contributed by atoms with E-state index in [1.54, 1.807) is 24.3 Å². The highest BCUT2D eigenvalue weighted by Crippen LogP contribution is 2.42. The highest BCUT2D eigenvalue weighted by atomic mass is 32.2. The number of carbonyl (C=O) groups excluding carboxylic acids is 1. The zero-order valence-corrected chi connectivity index (χ0v) is 15.1. The number of phenols is 1. The normalized spacial score (nSPS) is 13.1. The van der Waals surface area contributed by atoms with Crippen LogP contribution >= 0.6 is 11.8 Å². The molecule has 0 aliphatic carbocycles. The topological polar surface area (TPSA) is 121 Å². The highest BCUT2D eigenvalue weighted by molar-refractivity contribution is 8.14. The Balaban J connectivity index is 1.83. The number of rotatable bonds is 4. The van der Waals surface area contributed by atoms with Crippen LogP contribution in [-0.4, -0.2) is 29.7 Å². The monoisotopic (exact) mass is 401 g/mol. The summed E-state index contributed by atoms with van der Waals surface area (Å²) in [6.45, 7) is 0. The lowest BCUT2D eigenvalue weighted by molar-refractivity contribution is 0.0693. The number of carboxylic acids is 1. The maximum absolute atomic E-state index is 12.9. The second kappa shape index (κ2) is 6.00. The van der Waals surface area contributed by atoms with Crippen LogP contribution in [0.3, 0.4) is 0 Å². The molecule has 3 aromatic rings. The Morgan fingerprint density at radius 3 is 2.59 bits per heavy atom. The number of hydrogen-bond donors (Lipinski definition) is 3. The molecule has 3 N–H and O–H groups in total. The van der Waals surface area contributed by atoms with Crippen LogP contribution in [0, 0.1) is 0 Å². The van der Waals surface area contributed by atoms with Crippen molar-refractivity contribution in [2.45, 2.75) is 9.79 Å². The van der Waals surface area contributed by atoms with Gasteiger partial charge in [0.15, 0.2) is 0 Å². The number of thioether (sulfide) groups is 1. The van der Waals surface area contributed by atoms with Crippen LogP contribution in [0.1, 0.15) is 20.7 Å². The number of nitrogens with one attached hydrogen (secondary N) is 1. The zero-order valence-electron chi connectivity index (χ0n) is 13.5. The molecule has 0 radical (unpaired) electrons. The molecule has 7 nitrogen and oxygen atoms in total. The molecule has 27 heavy (non-hydrogen) atoms. The molecule has 1 aliphatic heterocycles. The third kappa shape index (κ3) is 2.81. The van der Waals surface area contributed by atoms with Crippen LogP contribution < -0.4 is 4.72 Å². The Morgan fingerprint density at radius 2 is 1.85 bits per heavy atom. The van der Waals surface area contributed by atoms with E-state index in [1.165, 1.54) is 12.1 Å². The van der Waals surface area contributed by atoms with Crippen molar-refractivity contribution < 1.29 is 28.2 Å². The largest absolute Gasteiger partial charge is 0.507 e. The second-order valence-electron chi connectivity index (χ2n) is 5.82. The predicted molar refractivity (Wildman–Crippen MR) is 100 cm³/mol. The summed E-state index contributed by atoms with van der Waals surface area (Å²) in [6, 6.07) is 11.3. The van der Waals surface area contributed by atoms with Gasteiger partial charge in [-0.25, -0.2) is 13.2 Å². The van der Waals surface area contributed by atoms with Gasteiger partial charge in [-0.05, 0) is 48.2 Å². The van der Waals surface area contributed by atoms with Crippen molar-refractivity contribution in [1.29, 1.82) is 0 Å². The van der Waals surface area contributed by atoms with Crippen LogP contribution in [0.25, 0.3) is 10.8 Å². The fourth-order valence-electron chi connectivity index (χ4n) is 2.97. The summed E-state index contributed by atoms with van der Waals surface area (Å²) >= 11 is 1.05. The molecule has 0 unspecified atom stereocenters. The molecule has 0 saturated heterocycles. The van der Waals surface area contributed by atoms with Gasteiger partial charge in [-0.1, -0.05) is 12.1 Å². The summed E-state index contributed by atoms with van der Waals surface area (Å²) in [7, 11) is -4.06. The van der Waals surface area contributed by atoms with Crippen molar-refractivity contribution in [1.82, 2.24) is 0 Å². The summed E-state index contributed by atoms with van der Waals surface area (Å²) in [5.41, 5.74) is 0.0406. The van der Waals surface area contributed by atoms with Crippen molar-refractivity contribution >= 4 is 49.3 Å². The molecule has 0 spiro atoms.